The lowest BCUT2D eigenvalue weighted by atomic mass is 10.1. The predicted octanol–water partition coefficient (Wildman–Crippen LogP) is 3.40. The lowest BCUT2D eigenvalue weighted by molar-refractivity contribution is -0.0219. The minimum absolute atomic E-state index is 0.315. The maximum atomic E-state index is 13.3. The molecule has 1 heterocycles. The van der Waals surface area contributed by atoms with Crippen LogP contribution in [-0.2, 0) is 4.74 Å². The topological polar surface area (TPSA) is 38.8 Å². The number of nitrogens with zero attached hydrogens (tertiary/aromatic N) is 1. The molecule has 0 unspecified atom stereocenters. The lowest BCUT2D eigenvalue weighted by Gasteiger charge is -2.32. The average molecular weight is 301 g/mol. The standard InChI is InChI=1S/C17H16FNO3/c18-14-6-4-5-13(11-14)16-12-19(9-10-21-16)17(20)22-15-7-2-1-3-8-15/h1-8,11,16H,9-10,12H2/t16-/m0/s1. The summed E-state index contributed by atoms with van der Waals surface area (Å²) in [6, 6.07) is 15.1. The van der Waals surface area contributed by atoms with Crippen LogP contribution < -0.4 is 4.74 Å². The van der Waals surface area contributed by atoms with Gasteiger partial charge < -0.3 is 14.4 Å². The maximum absolute atomic E-state index is 13.3. The molecule has 1 fully saturated rings. The highest BCUT2D eigenvalue weighted by molar-refractivity contribution is 5.70. The molecule has 1 aliphatic rings. The highest BCUT2D eigenvalue weighted by atomic mass is 19.1. The van der Waals surface area contributed by atoms with E-state index in [9.17, 15) is 9.18 Å². The highest BCUT2D eigenvalue weighted by Gasteiger charge is 2.26. The molecule has 0 spiro atoms. The lowest BCUT2D eigenvalue weighted by Crippen LogP contribution is -2.43. The minimum atomic E-state index is -0.420. The molecule has 3 rings (SSSR count). The fraction of sp³-hybridized carbons (Fsp3) is 0.235. The van der Waals surface area contributed by atoms with Gasteiger partial charge in [0.05, 0.1) is 13.2 Å². The number of hydrogen-bond donors (Lipinski definition) is 0. The first-order valence-corrected chi connectivity index (χ1v) is 7.11. The summed E-state index contributed by atoms with van der Waals surface area (Å²) in [7, 11) is 0. The molecule has 1 amide bonds. The zero-order chi connectivity index (χ0) is 15.4. The van der Waals surface area contributed by atoms with E-state index in [0.717, 1.165) is 5.56 Å². The zero-order valence-electron chi connectivity index (χ0n) is 11.9. The number of rotatable bonds is 2. The molecule has 0 N–H and O–H groups in total. The van der Waals surface area contributed by atoms with Gasteiger partial charge in [0.15, 0.2) is 0 Å². The van der Waals surface area contributed by atoms with Crippen molar-refractivity contribution in [3.8, 4) is 5.75 Å². The molecular formula is C17H16FNO3. The largest absolute Gasteiger partial charge is 0.415 e. The van der Waals surface area contributed by atoms with Crippen LogP contribution in [0, 0.1) is 5.82 Å². The van der Waals surface area contributed by atoms with Crippen LogP contribution in [0.4, 0.5) is 9.18 Å². The van der Waals surface area contributed by atoms with E-state index >= 15 is 0 Å². The third-order valence-electron chi connectivity index (χ3n) is 3.49. The van der Waals surface area contributed by atoms with E-state index < -0.39 is 6.09 Å². The van der Waals surface area contributed by atoms with Gasteiger partial charge in [0.1, 0.15) is 17.7 Å². The number of morpholine rings is 1. The molecule has 22 heavy (non-hydrogen) atoms. The van der Waals surface area contributed by atoms with Gasteiger partial charge in [-0.05, 0) is 29.8 Å². The third-order valence-corrected chi connectivity index (χ3v) is 3.49. The van der Waals surface area contributed by atoms with Crippen LogP contribution in [0.25, 0.3) is 0 Å². The number of carbonyl (C=O) groups excluding carboxylic acids is 1. The number of ether oxygens (including phenoxy) is 2. The van der Waals surface area contributed by atoms with Crippen molar-refractivity contribution in [3.63, 3.8) is 0 Å². The molecule has 5 heteroatoms. The van der Waals surface area contributed by atoms with Gasteiger partial charge in [-0.1, -0.05) is 30.3 Å². The van der Waals surface area contributed by atoms with Crippen molar-refractivity contribution < 1.29 is 18.7 Å². The molecular weight excluding hydrogens is 285 g/mol. The van der Waals surface area contributed by atoms with Crippen molar-refractivity contribution >= 4 is 6.09 Å². The van der Waals surface area contributed by atoms with E-state index in [4.69, 9.17) is 9.47 Å². The molecule has 2 aromatic carbocycles. The van der Waals surface area contributed by atoms with Gasteiger partial charge in [0, 0.05) is 6.54 Å². The number of amides is 1. The molecule has 1 saturated heterocycles. The number of para-hydroxylation sites is 1. The van der Waals surface area contributed by atoms with Crippen molar-refractivity contribution in [2.45, 2.75) is 6.10 Å². The van der Waals surface area contributed by atoms with E-state index in [2.05, 4.69) is 0 Å². The Morgan fingerprint density at radius 3 is 2.77 bits per heavy atom. The van der Waals surface area contributed by atoms with Gasteiger partial charge in [0.2, 0.25) is 0 Å². The van der Waals surface area contributed by atoms with Gasteiger partial charge >= 0.3 is 6.09 Å². The Hall–Kier alpha value is -2.40. The zero-order valence-corrected chi connectivity index (χ0v) is 11.9. The summed E-state index contributed by atoms with van der Waals surface area (Å²) in [6.45, 7) is 1.19. The van der Waals surface area contributed by atoms with E-state index in [-0.39, 0.29) is 11.9 Å². The predicted molar refractivity (Wildman–Crippen MR) is 79.1 cm³/mol. The van der Waals surface area contributed by atoms with Gasteiger partial charge in [0.25, 0.3) is 0 Å². The summed E-state index contributed by atoms with van der Waals surface area (Å²) < 4.78 is 24.3. The van der Waals surface area contributed by atoms with E-state index in [0.29, 0.717) is 25.4 Å². The van der Waals surface area contributed by atoms with Crippen LogP contribution in [0.5, 0.6) is 5.75 Å². The Morgan fingerprint density at radius 1 is 1.18 bits per heavy atom. The van der Waals surface area contributed by atoms with Gasteiger partial charge in [-0.15, -0.1) is 0 Å². The molecule has 0 radical (unpaired) electrons. The van der Waals surface area contributed by atoms with Gasteiger partial charge in [-0.2, -0.15) is 0 Å². The van der Waals surface area contributed by atoms with E-state index in [1.54, 1.807) is 41.3 Å². The summed E-state index contributed by atoms with van der Waals surface area (Å²) >= 11 is 0. The van der Waals surface area contributed by atoms with Crippen molar-refractivity contribution in [1.82, 2.24) is 4.90 Å². The van der Waals surface area contributed by atoms with Gasteiger partial charge in [-0.3, -0.25) is 0 Å². The van der Waals surface area contributed by atoms with Crippen molar-refractivity contribution in [2.24, 2.45) is 0 Å². The smallest absolute Gasteiger partial charge is 0.410 e. The number of carbonyl (C=O) groups is 1. The second-order valence-electron chi connectivity index (χ2n) is 5.04. The van der Waals surface area contributed by atoms with Crippen LogP contribution in [0.2, 0.25) is 0 Å². The van der Waals surface area contributed by atoms with Crippen LogP contribution >= 0.6 is 0 Å². The summed E-state index contributed by atoms with van der Waals surface area (Å²) in [6.07, 6.45) is -0.760. The number of hydrogen-bond acceptors (Lipinski definition) is 3. The average Bonchev–Trinajstić information content (AvgIpc) is 2.56. The van der Waals surface area contributed by atoms with Crippen molar-refractivity contribution in [2.75, 3.05) is 19.7 Å². The molecule has 0 bridgehead atoms. The number of benzene rings is 2. The molecule has 0 aliphatic carbocycles. The Morgan fingerprint density at radius 2 is 2.00 bits per heavy atom. The molecule has 4 nitrogen and oxygen atoms in total. The highest BCUT2D eigenvalue weighted by Crippen LogP contribution is 2.23. The molecule has 1 aliphatic heterocycles. The van der Waals surface area contributed by atoms with Crippen LogP contribution in [-0.4, -0.2) is 30.7 Å². The Balaban J connectivity index is 1.66. The second kappa shape index (κ2) is 6.58. The Bertz CT molecular complexity index is 647. The molecule has 114 valence electrons. The van der Waals surface area contributed by atoms with Crippen LogP contribution in [0.15, 0.2) is 54.6 Å². The molecule has 0 aromatic heterocycles. The normalized spacial score (nSPS) is 18.0. The number of halogens is 1. The van der Waals surface area contributed by atoms with Crippen molar-refractivity contribution in [3.05, 3.63) is 66.0 Å². The summed E-state index contributed by atoms with van der Waals surface area (Å²) in [5.74, 6) is 0.186. The van der Waals surface area contributed by atoms with Crippen LogP contribution in [0.3, 0.4) is 0 Å². The third kappa shape index (κ3) is 3.43. The van der Waals surface area contributed by atoms with Crippen molar-refractivity contribution in [1.29, 1.82) is 0 Å². The van der Waals surface area contributed by atoms with E-state index in [1.807, 2.05) is 6.07 Å². The summed E-state index contributed by atoms with van der Waals surface area (Å²) in [5, 5.41) is 0. The quantitative estimate of drug-likeness (QED) is 0.853. The Kier molecular flexibility index (Phi) is 4.34. The first-order valence-electron chi connectivity index (χ1n) is 7.11. The minimum Gasteiger partial charge on any atom is -0.410 e. The summed E-state index contributed by atoms with van der Waals surface area (Å²) in [4.78, 5) is 13.8. The monoisotopic (exact) mass is 301 g/mol. The first-order chi connectivity index (χ1) is 10.7. The van der Waals surface area contributed by atoms with Gasteiger partial charge in [-0.25, -0.2) is 9.18 Å². The fourth-order valence-electron chi connectivity index (χ4n) is 2.38. The maximum Gasteiger partial charge on any atom is 0.415 e. The van der Waals surface area contributed by atoms with Crippen LogP contribution in [0.1, 0.15) is 11.7 Å². The molecule has 2 aromatic rings. The fourth-order valence-corrected chi connectivity index (χ4v) is 2.38. The summed E-state index contributed by atoms with van der Waals surface area (Å²) in [5.41, 5.74) is 0.720. The second-order valence-corrected chi connectivity index (χ2v) is 5.04. The Labute approximate surface area is 128 Å². The van der Waals surface area contributed by atoms with E-state index in [1.165, 1.54) is 12.1 Å². The first kappa shape index (κ1) is 14.5. The molecule has 0 saturated carbocycles. The molecule has 1 atom stereocenters. The SMILES string of the molecule is O=C(Oc1ccccc1)N1CCO[C@H](c2cccc(F)c2)C1.